The average Bonchev–Trinajstić information content (AvgIpc) is 2.47. The predicted molar refractivity (Wildman–Crippen MR) is 96.6 cm³/mol. The van der Waals surface area contributed by atoms with E-state index < -0.39 is 5.54 Å². The van der Waals surface area contributed by atoms with E-state index in [1.807, 2.05) is 26.8 Å². The number of ether oxygens (including phenoxy) is 1. The number of hydrogen-bond donors (Lipinski definition) is 1. The maximum Gasteiger partial charge on any atom is 0.319 e. The Labute approximate surface area is 147 Å². The molecule has 0 aliphatic carbocycles. The Hall–Kier alpha value is -2.41. The van der Waals surface area contributed by atoms with Crippen molar-refractivity contribution in [3.05, 3.63) is 29.7 Å². The molecule has 25 heavy (non-hydrogen) atoms. The van der Waals surface area contributed by atoms with Gasteiger partial charge in [0.15, 0.2) is 0 Å². The Balaban J connectivity index is 1.86. The predicted octanol–water partition coefficient (Wildman–Crippen LogP) is 1.88. The summed E-state index contributed by atoms with van der Waals surface area (Å²) >= 11 is 0. The number of nitrogens with zero attached hydrogens (tertiary/aromatic N) is 4. The number of likely N-dealkylation sites (tertiary alicyclic amines) is 1. The molecule has 0 saturated carbocycles. The summed E-state index contributed by atoms with van der Waals surface area (Å²) in [5.41, 5.74) is 7.66. The van der Waals surface area contributed by atoms with Crippen LogP contribution in [0.25, 0.3) is 10.8 Å². The molecule has 1 saturated heterocycles. The van der Waals surface area contributed by atoms with Crippen molar-refractivity contribution in [2.45, 2.75) is 32.4 Å². The number of amides is 2. The average molecular weight is 343 g/mol. The summed E-state index contributed by atoms with van der Waals surface area (Å²) < 4.78 is 6.03. The van der Waals surface area contributed by atoms with Gasteiger partial charge in [-0.1, -0.05) is 0 Å². The minimum atomic E-state index is -0.511. The van der Waals surface area contributed by atoms with Crippen LogP contribution in [0.3, 0.4) is 0 Å². The zero-order valence-electron chi connectivity index (χ0n) is 15.4. The van der Waals surface area contributed by atoms with Gasteiger partial charge in [-0.15, -0.1) is 0 Å². The van der Waals surface area contributed by atoms with Gasteiger partial charge in [-0.3, -0.25) is 4.98 Å². The first kappa shape index (κ1) is 17.4. The molecular weight excluding hydrogens is 318 g/mol. The van der Waals surface area contributed by atoms with Gasteiger partial charge < -0.3 is 20.3 Å². The summed E-state index contributed by atoms with van der Waals surface area (Å²) in [7, 11) is 3.49. The topological polar surface area (TPSA) is 84.6 Å². The molecule has 1 aliphatic heterocycles. The summed E-state index contributed by atoms with van der Waals surface area (Å²) in [6.45, 7) is 6.98. The minimum Gasteiger partial charge on any atom is -0.470 e. The first-order valence-electron chi connectivity index (χ1n) is 8.34. The zero-order valence-corrected chi connectivity index (χ0v) is 15.4. The second-order valence-electron chi connectivity index (χ2n) is 7.39. The molecule has 0 bridgehead atoms. The zero-order chi connectivity index (χ0) is 18.4. The summed E-state index contributed by atoms with van der Waals surface area (Å²) in [6.07, 6.45) is 3.50. The van der Waals surface area contributed by atoms with E-state index in [1.165, 1.54) is 0 Å². The van der Waals surface area contributed by atoms with E-state index in [9.17, 15) is 4.79 Å². The number of carbonyl (C=O) groups is 1. The Morgan fingerprint density at radius 2 is 1.96 bits per heavy atom. The number of aromatic nitrogens is 2. The number of carbonyl (C=O) groups excluding carboxylic acids is 1. The van der Waals surface area contributed by atoms with Gasteiger partial charge in [0, 0.05) is 37.7 Å². The van der Waals surface area contributed by atoms with Crippen LogP contribution in [0, 0.1) is 6.92 Å². The third-order valence-corrected chi connectivity index (χ3v) is 4.35. The molecular formula is C18H25N5O2. The van der Waals surface area contributed by atoms with Gasteiger partial charge in [0.05, 0.1) is 18.5 Å². The van der Waals surface area contributed by atoms with E-state index in [-0.39, 0.29) is 12.1 Å². The monoisotopic (exact) mass is 343 g/mol. The molecule has 3 heterocycles. The smallest absolute Gasteiger partial charge is 0.319 e. The second kappa shape index (κ2) is 6.15. The highest BCUT2D eigenvalue weighted by Crippen LogP contribution is 2.32. The molecule has 134 valence electrons. The Bertz CT molecular complexity index is 807. The minimum absolute atomic E-state index is 0.00446. The van der Waals surface area contributed by atoms with Gasteiger partial charge in [0.2, 0.25) is 5.88 Å². The fraction of sp³-hybridized carbons (Fsp3) is 0.500. The Morgan fingerprint density at radius 3 is 2.56 bits per heavy atom. The van der Waals surface area contributed by atoms with Gasteiger partial charge in [-0.05, 0) is 37.8 Å². The van der Waals surface area contributed by atoms with Crippen molar-refractivity contribution in [2.24, 2.45) is 5.73 Å². The number of nitrogens with two attached hydrogens (primary N) is 1. The van der Waals surface area contributed by atoms with Crippen molar-refractivity contribution in [1.29, 1.82) is 0 Å². The molecule has 1 fully saturated rings. The van der Waals surface area contributed by atoms with Crippen LogP contribution in [0.1, 0.15) is 25.1 Å². The molecule has 0 aromatic carbocycles. The standard InChI is InChI=1S/C18H25N5O2/c1-11-6-13-14(7-20-11)16(21-8-15(13)18(2,3)19)25-12-9-23(10-12)17(24)22(4)5/h6-8,12H,9-10,19H2,1-5H3. The molecule has 0 unspecified atom stereocenters. The molecule has 2 aromatic heterocycles. The molecule has 7 nitrogen and oxygen atoms in total. The van der Waals surface area contributed by atoms with Crippen molar-refractivity contribution >= 4 is 16.8 Å². The van der Waals surface area contributed by atoms with Crippen molar-refractivity contribution in [3.63, 3.8) is 0 Å². The van der Waals surface area contributed by atoms with Gasteiger partial charge in [-0.2, -0.15) is 0 Å². The highest BCUT2D eigenvalue weighted by atomic mass is 16.5. The Kier molecular flexibility index (Phi) is 4.28. The van der Waals surface area contributed by atoms with Crippen LogP contribution in [0.4, 0.5) is 4.79 Å². The lowest BCUT2D eigenvalue weighted by molar-refractivity contribution is 0.0339. The maximum atomic E-state index is 11.9. The quantitative estimate of drug-likeness (QED) is 0.920. The van der Waals surface area contributed by atoms with Crippen molar-refractivity contribution in [2.75, 3.05) is 27.2 Å². The number of fused-ring (bicyclic) bond motifs is 1. The molecule has 0 radical (unpaired) electrons. The molecule has 2 N–H and O–H groups in total. The van der Waals surface area contributed by atoms with E-state index in [4.69, 9.17) is 10.5 Å². The van der Waals surface area contributed by atoms with Gasteiger partial charge >= 0.3 is 6.03 Å². The summed E-state index contributed by atoms with van der Waals surface area (Å²) in [4.78, 5) is 24.0. The van der Waals surface area contributed by atoms with E-state index in [1.54, 1.807) is 36.3 Å². The lowest BCUT2D eigenvalue weighted by Crippen LogP contribution is -2.58. The van der Waals surface area contributed by atoms with Crippen LogP contribution in [-0.4, -0.2) is 59.1 Å². The van der Waals surface area contributed by atoms with Gasteiger partial charge in [0.1, 0.15) is 6.10 Å². The SMILES string of the molecule is Cc1cc2c(C(C)(C)N)cnc(OC3CN(C(=O)N(C)C)C3)c2cn1. The molecule has 2 aromatic rings. The number of pyridine rings is 2. The molecule has 2 amide bonds. The number of hydrogen-bond acceptors (Lipinski definition) is 5. The van der Waals surface area contributed by atoms with E-state index in [2.05, 4.69) is 9.97 Å². The fourth-order valence-electron chi connectivity index (χ4n) is 2.93. The first-order chi connectivity index (χ1) is 11.7. The third-order valence-electron chi connectivity index (χ3n) is 4.35. The van der Waals surface area contributed by atoms with Gasteiger partial charge in [-0.25, -0.2) is 9.78 Å². The number of aryl methyl sites for hydroxylation is 1. The first-order valence-corrected chi connectivity index (χ1v) is 8.34. The van der Waals surface area contributed by atoms with Crippen LogP contribution in [0.5, 0.6) is 5.88 Å². The van der Waals surface area contributed by atoms with E-state index >= 15 is 0 Å². The van der Waals surface area contributed by atoms with Crippen LogP contribution < -0.4 is 10.5 Å². The van der Waals surface area contributed by atoms with Crippen LogP contribution >= 0.6 is 0 Å². The largest absolute Gasteiger partial charge is 0.470 e. The number of rotatable bonds is 3. The second-order valence-corrected chi connectivity index (χ2v) is 7.39. The fourth-order valence-corrected chi connectivity index (χ4v) is 2.93. The van der Waals surface area contributed by atoms with Crippen molar-refractivity contribution in [1.82, 2.24) is 19.8 Å². The lowest BCUT2D eigenvalue weighted by Gasteiger charge is -2.40. The summed E-state index contributed by atoms with van der Waals surface area (Å²) in [5.74, 6) is 0.539. The maximum absolute atomic E-state index is 11.9. The van der Waals surface area contributed by atoms with E-state index in [0.717, 1.165) is 22.0 Å². The Morgan fingerprint density at radius 1 is 1.28 bits per heavy atom. The normalized spacial score (nSPS) is 15.2. The molecule has 3 rings (SSSR count). The lowest BCUT2D eigenvalue weighted by atomic mass is 9.93. The van der Waals surface area contributed by atoms with Crippen molar-refractivity contribution < 1.29 is 9.53 Å². The summed E-state index contributed by atoms with van der Waals surface area (Å²) in [5, 5.41) is 1.85. The van der Waals surface area contributed by atoms with E-state index in [0.29, 0.717) is 19.0 Å². The number of urea groups is 1. The summed E-state index contributed by atoms with van der Waals surface area (Å²) in [6, 6.07) is 2.01. The molecule has 0 atom stereocenters. The van der Waals surface area contributed by atoms with Crippen molar-refractivity contribution in [3.8, 4) is 5.88 Å². The van der Waals surface area contributed by atoms with Gasteiger partial charge in [0.25, 0.3) is 0 Å². The van der Waals surface area contributed by atoms with Crippen LogP contribution in [0.15, 0.2) is 18.5 Å². The highest BCUT2D eigenvalue weighted by Gasteiger charge is 2.34. The highest BCUT2D eigenvalue weighted by molar-refractivity contribution is 5.89. The molecule has 7 heteroatoms. The van der Waals surface area contributed by atoms with Crippen LogP contribution in [-0.2, 0) is 5.54 Å². The van der Waals surface area contributed by atoms with Crippen LogP contribution in [0.2, 0.25) is 0 Å². The molecule has 1 aliphatic rings. The molecule has 0 spiro atoms. The third kappa shape index (κ3) is 3.37.